The van der Waals surface area contributed by atoms with E-state index >= 15 is 0 Å². The Balaban J connectivity index is 1.32. The van der Waals surface area contributed by atoms with Gasteiger partial charge in [0, 0.05) is 44.1 Å². The molecule has 0 bridgehead atoms. The number of fused-ring (bicyclic) bond motifs is 1. The number of anilines is 1. The van der Waals surface area contributed by atoms with Crippen molar-refractivity contribution in [3.8, 4) is 11.3 Å². The van der Waals surface area contributed by atoms with Crippen molar-refractivity contribution in [2.45, 2.75) is 32.5 Å². The van der Waals surface area contributed by atoms with Gasteiger partial charge in [0.25, 0.3) is 0 Å². The van der Waals surface area contributed by atoms with Crippen LogP contribution in [-0.2, 0) is 30.8 Å². The van der Waals surface area contributed by atoms with E-state index < -0.39 is 0 Å². The van der Waals surface area contributed by atoms with E-state index in [9.17, 15) is 9.59 Å². The predicted octanol–water partition coefficient (Wildman–Crippen LogP) is 3.13. The van der Waals surface area contributed by atoms with Crippen LogP contribution in [0.5, 0.6) is 0 Å². The van der Waals surface area contributed by atoms with Gasteiger partial charge in [-0.2, -0.15) is 0 Å². The Morgan fingerprint density at radius 2 is 1.82 bits per heavy atom. The minimum atomic E-state index is -0.189. The highest BCUT2D eigenvalue weighted by atomic mass is 16.2. The molecule has 2 N–H and O–H groups in total. The summed E-state index contributed by atoms with van der Waals surface area (Å²) in [5.41, 5.74) is 4.01. The lowest BCUT2D eigenvalue weighted by Gasteiger charge is -2.29. The second-order valence-corrected chi connectivity index (χ2v) is 8.51. The van der Waals surface area contributed by atoms with Crippen LogP contribution in [0.1, 0.15) is 17.5 Å². The molecule has 1 amide bonds. The number of hydrogen-bond acceptors (Lipinski definition) is 4. The summed E-state index contributed by atoms with van der Waals surface area (Å²) >= 11 is 0. The van der Waals surface area contributed by atoms with Crippen LogP contribution in [0.25, 0.3) is 11.3 Å². The van der Waals surface area contributed by atoms with Crippen molar-refractivity contribution in [2.75, 3.05) is 18.4 Å². The van der Waals surface area contributed by atoms with Crippen LogP contribution in [0, 0.1) is 0 Å². The summed E-state index contributed by atoms with van der Waals surface area (Å²) in [7, 11) is 0. The average molecular weight is 457 g/mol. The lowest BCUT2D eigenvalue weighted by molar-refractivity contribution is -0.130. The largest absolute Gasteiger partial charge is 0.361 e. The van der Waals surface area contributed by atoms with Gasteiger partial charge in [0.05, 0.1) is 18.6 Å². The Kier molecular flexibility index (Phi) is 6.29. The number of nitrogens with one attached hydrogen (secondary N) is 2. The summed E-state index contributed by atoms with van der Waals surface area (Å²) in [6.45, 7) is 2.76. The van der Waals surface area contributed by atoms with Crippen LogP contribution < -0.4 is 11.0 Å². The molecular formula is C26H28N6O2. The van der Waals surface area contributed by atoms with E-state index in [4.69, 9.17) is 0 Å². The molecule has 0 unspecified atom stereocenters. The summed E-state index contributed by atoms with van der Waals surface area (Å²) in [4.78, 5) is 34.7. The summed E-state index contributed by atoms with van der Waals surface area (Å²) < 4.78 is 3.74. The first-order valence-corrected chi connectivity index (χ1v) is 11.6. The zero-order valence-corrected chi connectivity index (χ0v) is 19.0. The molecule has 0 spiro atoms. The van der Waals surface area contributed by atoms with E-state index in [1.807, 2.05) is 58.1 Å². The molecule has 174 valence electrons. The molecule has 0 aliphatic carbocycles. The van der Waals surface area contributed by atoms with Gasteiger partial charge in [-0.1, -0.05) is 54.6 Å². The third kappa shape index (κ3) is 4.66. The summed E-state index contributed by atoms with van der Waals surface area (Å²) in [6, 6.07) is 18.1. The molecular weight excluding hydrogens is 428 g/mol. The number of nitrogens with zero attached hydrogens (tertiary/aromatic N) is 4. The van der Waals surface area contributed by atoms with Gasteiger partial charge in [0.2, 0.25) is 5.91 Å². The third-order valence-corrected chi connectivity index (χ3v) is 6.29. The summed E-state index contributed by atoms with van der Waals surface area (Å²) in [5.74, 6) is 0.590. The van der Waals surface area contributed by atoms with Crippen molar-refractivity contribution in [3.05, 3.63) is 94.9 Å². The molecule has 0 saturated carbocycles. The Morgan fingerprint density at radius 1 is 1.03 bits per heavy atom. The molecule has 3 heterocycles. The molecule has 0 radical (unpaired) electrons. The number of carbonyl (C=O) groups excluding carboxylic acids is 1. The molecule has 1 aliphatic heterocycles. The molecule has 8 heteroatoms. The smallest absolute Gasteiger partial charge is 0.327 e. The fourth-order valence-corrected chi connectivity index (χ4v) is 4.52. The highest BCUT2D eigenvalue weighted by molar-refractivity contribution is 5.83. The van der Waals surface area contributed by atoms with E-state index in [-0.39, 0.29) is 18.1 Å². The van der Waals surface area contributed by atoms with E-state index in [1.54, 1.807) is 17.1 Å². The molecule has 8 nitrogen and oxygen atoms in total. The second-order valence-electron chi connectivity index (χ2n) is 8.51. The number of aromatic nitrogens is 4. The highest BCUT2D eigenvalue weighted by Gasteiger charge is 2.22. The number of aryl methyl sites for hydroxylation is 1. The number of H-pyrrole nitrogens is 1. The number of benzene rings is 2. The van der Waals surface area contributed by atoms with Crippen molar-refractivity contribution in [2.24, 2.45) is 0 Å². The molecule has 1 aliphatic rings. The Bertz CT molecular complexity index is 1310. The molecule has 5 rings (SSSR count). The third-order valence-electron chi connectivity index (χ3n) is 6.29. The van der Waals surface area contributed by atoms with Gasteiger partial charge < -0.3 is 14.8 Å². The fraction of sp³-hybridized carbons (Fsp3) is 0.269. The van der Waals surface area contributed by atoms with Crippen LogP contribution in [0.3, 0.4) is 0 Å². The molecule has 34 heavy (non-hydrogen) atoms. The van der Waals surface area contributed by atoms with Gasteiger partial charge in [-0.05, 0) is 24.0 Å². The van der Waals surface area contributed by atoms with Crippen molar-refractivity contribution in [3.63, 3.8) is 0 Å². The topological polar surface area (TPSA) is 87.9 Å². The lowest BCUT2D eigenvalue weighted by atomic mass is 10.00. The number of imidazole rings is 2. The molecule has 4 aromatic rings. The van der Waals surface area contributed by atoms with Gasteiger partial charge in [0.1, 0.15) is 5.82 Å². The maximum Gasteiger partial charge on any atom is 0.327 e. The van der Waals surface area contributed by atoms with E-state index in [1.165, 1.54) is 11.1 Å². The molecule has 0 fully saturated rings. The van der Waals surface area contributed by atoms with Crippen molar-refractivity contribution in [1.29, 1.82) is 0 Å². The summed E-state index contributed by atoms with van der Waals surface area (Å²) in [6.07, 6.45) is 7.07. The number of rotatable bonds is 8. The lowest BCUT2D eigenvalue weighted by Crippen LogP contribution is -2.39. The highest BCUT2D eigenvalue weighted by Crippen LogP contribution is 2.26. The number of hydrogen-bond donors (Lipinski definition) is 2. The maximum atomic E-state index is 13.0. The van der Waals surface area contributed by atoms with Gasteiger partial charge in [-0.3, -0.25) is 14.3 Å². The number of amides is 1. The van der Waals surface area contributed by atoms with E-state index in [0.717, 1.165) is 30.6 Å². The van der Waals surface area contributed by atoms with Crippen molar-refractivity contribution in [1.82, 2.24) is 24.0 Å². The second kappa shape index (κ2) is 9.82. The van der Waals surface area contributed by atoms with Crippen LogP contribution in [-0.4, -0.2) is 43.0 Å². The first-order valence-electron chi connectivity index (χ1n) is 11.6. The SMILES string of the molecule is O=C(CNc1[nH]c(=O)n(CCCn2ccnc2)c1-c1ccccc1)N1CCc2ccccc2C1. The fourth-order valence-electron chi connectivity index (χ4n) is 4.52. The quantitative estimate of drug-likeness (QED) is 0.426. The van der Waals surface area contributed by atoms with Gasteiger partial charge in [-0.25, -0.2) is 9.78 Å². The van der Waals surface area contributed by atoms with Gasteiger partial charge >= 0.3 is 5.69 Å². The Labute approximate surface area is 197 Å². The molecule has 0 atom stereocenters. The number of aromatic amines is 1. The minimum Gasteiger partial charge on any atom is -0.361 e. The van der Waals surface area contributed by atoms with Gasteiger partial charge in [-0.15, -0.1) is 0 Å². The first kappa shape index (κ1) is 21.8. The van der Waals surface area contributed by atoms with Crippen LogP contribution >= 0.6 is 0 Å². The predicted molar refractivity (Wildman–Crippen MR) is 131 cm³/mol. The first-order chi connectivity index (χ1) is 16.7. The van der Waals surface area contributed by atoms with E-state index in [0.29, 0.717) is 25.5 Å². The summed E-state index contributed by atoms with van der Waals surface area (Å²) in [5, 5.41) is 3.22. The van der Waals surface area contributed by atoms with Crippen LogP contribution in [0.2, 0.25) is 0 Å². The number of carbonyl (C=O) groups is 1. The molecule has 2 aromatic carbocycles. The van der Waals surface area contributed by atoms with Crippen molar-refractivity contribution < 1.29 is 4.79 Å². The minimum absolute atomic E-state index is 0.0159. The van der Waals surface area contributed by atoms with Gasteiger partial charge in [0.15, 0.2) is 0 Å². The monoisotopic (exact) mass is 456 g/mol. The van der Waals surface area contributed by atoms with Crippen LogP contribution in [0.4, 0.5) is 5.82 Å². The zero-order chi connectivity index (χ0) is 23.3. The van der Waals surface area contributed by atoms with E-state index in [2.05, 4.69) is 27.4 Å². The molecule has 2 aromatic heterocycles. The maximum absolute atomic E-state index is 13.0. The van der Waals surface area contributed by atoms with Crippen molar-refractivity contribution >= 4 is 11.7 Å². The zero-order valence-electron chi connectivity index (χ0n) is 19.0. The van der Waals surface area contributed by atoms with Crippen LogP contribution in [0.15, 0.2) is 78.1 Å². The average Bonchev–Trinajstić information content (AvgIpc) is 3.50. The normalized spacial score (nSPS) is 13.0. The Hall–Kier alpha value is -4.07. The standard InChI is InChI=1S/C26H28N6O2/c33-23(31-15-11-20-7-4-5-10-22(20)18-31)17-28-25-24(21-8-2-1-3-9-21)32(26(34)29-25)14-6-13-30-16-12-27-19-30/h1-5,7-10,12,16,19,28H,6,11,13-15,17-18H2,(H,29,34). The Morgan fingerprint density at radius 3 is 2.62 bits per heavy atom. The molecule has 0 saturated heterocycles.